The van der Waals surface area contributed by atoms with Gasteiger partial charge in [-0.2, -0.15) is 0 Å². The molecule has 1 N–H and O–H groups in total. The van der Waals surface area contributed by atoms with Crippen molar-refractivity contribution in [2.24, 2.45) is 5.92 Å². The van der Waals surface area contributed by atoms with Crippen molar-refractivity contribution in [3.8, 4) is 11.3 Å². The molecule has 0 fully saturated rings. The van der Waals surface area contributed by atoms with Crippen LogP contribution in [0.3, 0.4) is 0 Å². The van der Waals surface area contributed by atoms with Crippen molar-refractivity contribution in [2.75, 3.05) is 6.54 Å². The summed E-state index contributed by atoms with van der Waals surface area (Å²) in [5.74, 6) is 2.24. The van der Waals surface area contributed by atoms with Gasteiger partial charge in [0.15, 0.2) is 5.76 Å². The molecule has 108 valence electrons. The summed E-state index contributed by atoms with van der Waals surface area (Å²) in [6.45, 7) is 12.4. The van der Waals surface area contributed by atoms with E-state index in [0.717, 1.165) is 18.2 Å². The first-order chi connectivity index (χ1) is 9.47. The molecule has 0 amide bonds. The Morgan fingerprint density at radius 3 is 2.40 bits per heavy atom. The van der Waals surface area contributed by atoms with Gasteiger partial charge < -0.3 is 9.73 Å². The van der Waals surface area contributed by atoms with E-state index in [1.807, 2.05) is 6.20 Å². The SMILES string of the molecule is Cc1cc(C)c(-c2cnc(CNCC(C)C)o2)c(C)c1. The van der Waals surface area contributed by atoms with Gasteiger partial charge in [0.05, 0.1) is 12.7 Å². The van der Waals surface area contributed by atoms with Crippen LogP contribution in [-0.2, 0) is 6.54 Å². The lowest BCUT2D eigenvalue weighted by Gasteiger charge is -2.08. The van der Waals surface area contributed by atoms with Gasteiger partial charge in [-0.1, -0.05) is 31.5 Å². The van der Waals surface area contributed by atoms with Crippen LogP contribution in [0.2, 0.25) is 0 Å². The van der Waals surface area contributed by atoms with Crippen molar-refractivity contribution in [3.05, 3.63) is 40.9 Å². The summed E-state index contributed by atoms with van der Waals surface area (Å²) in [6.07, 6.45) is 1.83. The van der Waals surface area contributed by atoms with Crippen molar-refractivity contribution < 1.29 is 4.42 Å². The van der Waals surface area contributed by atoms with Crippen molar-refractivity contribution in [2.45, 2.75) is 41.2 Å². The minimum atomic E-state index is 0.631. The van der Waals surface area contributed by atoms with E-state index in [0.29, 0.717) is 12.5 Å². The van der Waals surface area contributed by atoms with E-state index in [1.165, 1.54) is 22.3 Å². The third kappa shape index (κ3) is 3.48. The van der Waals surface area contributed by atoms with Gasteiger partial charge >= 0.3 is 0 Å². The number of rotatable bonds is 5. The van der Waals surface area contributed by atoms with Gasteiger partial charge in [-0.05, 0) is 44.4 Å². The van der Waals surface area contributed by atoms with Gasteiger partial charge in [-0.15, -0.1) is 0 Å². The molecule has 1 heterocycles. The highest BCUT2D eigenvalue weighted by atomic mass is 16.4. The van der Waals surface area contributed by atoms with E-state index in [4.69, 9.17) is 4.42 Å². The lowest BCUT2D eigenvalue weighted by atomic mass is 9.98. The Labute approximate surface area is 121 Å². The number of aryl methyl sites for hydroxylation is 3. The van der Waals surface area contributed by atoms with Gasteiger partial charge in [0.25, 0.3) is 0 Å². The summed E-state index contributed by atoms with van der Waals surface area (Å²) in [5.41, 5.74) is 4.92. The lowest BCUT2D eigenvalue weighted by Crippen LogP contribution is -2.18. The van der Waals surface area contributed by atoms with Crippen LogP contribution in [0.25, 0.3) is 11.3 Å². The van der Waals surface area contributed by atoms with E-state index in [9.17, 15) is 0 Å². The summed E-state index contributed by atoms with van der Waals surface area (Å²) in [4.78, 5) is 4.36. The number of benzene rings is 1. The molecule has 0 atom stereocenters. The normalized spacial score (nSPS) is 11.3. The van der Waals surface area contributed by atoms with Crippen LogP contribution in [-0.4, -0.2) is 11.5 Å². The topological polar surface area (TPSA) is 38.1 Å². The van der Waals surface area contributed by atoms with E-state index in [1.54, 1.807) is 0 Å². The fraction of sp³-hybridized carbons (Fsp3) is 0.471. The largest absolute Gasteiger partial charge is 0.439 e. The molecular formula is C17H24N2O. The third-order valence-electron chi connectivity index (χ3n) is 3.31. The van der Waals surface area contributed by atoms with Crippen LogP contribution in [0, 0.1) is 26.7 Å². The summed E-state index contributed by atoms with van der Waals surface area (Å²) in [6, 6.07) is 4.36. The summed E-state index contributed by atoms with van der Waals surface area (Å²) in [7, 11) is 0. The van der Waals surface area contributed by atoms with Crippen LogP contribution in [0.15, 0.2) is 22.7 Å². The Balaban J connectivity index is 2.17. The molecule has 1 aromatic carbocycles. The summed E-state index contributed by atoms with van der Waals surface area (Å²) in [5, 5.41) is 3.35. The molecule has 0 bridgehead atoms. The molecule has 0 unspecified atom stereocenters. The monoisotopic (exact) mass is 272 g/mol. The predicted octanol–water partition coefficient (Wildman–Crippen LogP) is 4.01. The second-order valence-electron chi connectivity index (χ2n) is 5.92. The maximum absolute atomic E-state index is 5.88. The zero-order valence-electron chi connectivity index (χ0n) is 13.1. The average molecular weight is 272 g/mol. The van der Waals surface area contributed by atoms with Gasteiger partial charge in [-0.25, -0.2) is 4.98 Å². The van der Waals surface area contributed by atoms with E-state index in [-0.39, 0.29) is 0 Å². The molecule has 0 aliphatic carbocycles. The van der Waals surface area contributed by atoms with Crippen LogP contribution >= 0.6 is 0 Å². The Morgan fingerprint density at radius 2 is 1.80 bits per heavy atom. The van der Waals surface area contributed by atoms with Gasteiger partial charge in [0.1, 0.15) is 0 Å². The van der Waals surface area contributed by atoms with Crippen molar-refractivity contribution in [1.82, 2.24) is 10.3 Å². The number of oxazole rings is 1. The number of hydrogen-bond acceptors (Lipinski definition) is 3. The highest BCUT2D eigenvalue weighted by Crippen LogP contribution is 2.28. The molecule has 0 saturated carbocycles. The number of nitrogens with one attached hydrogen (secondary N) is 1. The molecule has 0 saturated heterocycles. The molecule has 3 nitrogen and oxygen atoms in total. The van der Waals surface area contributed by atoms with Crippen molar-refractivity contribution in [3.63, 3.8) is 0 Å². The van der Waals surface area contributed by atoms with Crippen LogP contribution < -0.4 is 5.32 Å². The summed E-state index contributed by atoms with van der Waals surface area (Å²) < 4.78 is 5.88. The van der Waals surface area contributed by atoms with Crippen LogP contribution in [0.4, 0.5) is 0 Å². The van der Waals surface area contributed by atoms with Gasteiger partial charge in [-0.3, -0.25) is 0 Å². The standard InChI is InChI=1S/C17H24N2O/c1-11(2)8-18-10-16-19-9-15(20-16)17-13(4)6-12(3)7-14(17)5/h6-7,9,11,18H,8,10H2,1-5H3. The molecular weight excluding hydrogens is 248 g/mol. The average Bonchev–Trinajstić information content (AvgIpc) is 2.75. The molecule has 0 radical (unpaired) electrons. The third-order valence-corrected chi connectivity index (χ3v) is 3.31. The first-order valence-corrected chi connectivity index (χ1v) is 7.21. The van der Waals surface area contributed by atoms with Crippen LogP contribution in [0.1, 0.15) is 36.4 Å². The quantitative estimate of drug-likeness (QED) is 0.893. The fourth-order valence-corrected chi connectivity index (χ4v) is 2.54. The number of nitrogens with zero attached hydrogens (tertiary/aromatic N) is 1. The van der Waals surface area contributed by atoms with Crippen molar-refractivity contribution >= 4 is 0 Å². The van der Waals surface area contributed by atoms with E-state index < -0.39 is 0 Å². The van der Waals surface area contributed by atoms with Crippen LogP contribution in [0.5, 0.6) is 0 Å². The molecule has 3 heteroatoms. The Kier molecular flexibility index (Phi) is 4.61. The minimum absolute atomic E-state index is 0.631. The molecule has 0 aliphatic rings. The van der Waals surface area contributed by atoms with E-state index >= 15 is 0 Å². The molecule has 0 spiro atoms. The molecule has 1 aromatic heterocycles. The fourth-order valence-electron chi connectivity index (χ4n) is 2.54. The maximum Gasteiger partial charge on any atom is 0.208 e. The number of aromatic nitrogens is 1. The maximum atomic E-state index is 5.88. The van der Waals surface area contributed by atoms with E-state index in [2.05, 4.69) is 57.1 Å². The molecule has 20 heavy (non-hydrogen) atoms. The number of hydrogen-bond donors (Lipinski definition) is 1. The Bertz CT molecular complexity index is 561. The van der Waals surface area contributed by atoms with Gasteiger partial charge in [0.2, 0.25) is 5.89 Å². The van der Waals surface area contributed by atoms with Gasteiger partial charge in [0, 0.05) is 5.56 Å². The Morgan fingerprint density at radius 1 is 1.15 bits per heavy atom. The second kappa shape index (κ2) is 6.23. The summed E-state index contributed by atoms with van der Waals surface area (Å²) >= 11 is 0. The zero-order chi connectivity index (χ0) is 14.7. The minimum Gasteiger partial charge on any atom is -0.439 e. The van der Waals surface area contributed by atoms with Crippen molar-refractivity contribution in [1.29, 1.82) is 0 Å². The zero-order valence-corrected chi connectivity index (χ0v) is 13.1. The first kappa shape index (κ1) is 14.8. The Hall–Kier alpha value is -1.61. The smallest absolute Gasteiger partial charge is 0.208 e. The highest BCUT2D eigenvalue weighted by Gasteiger charge is 2.12. The lowest BCUT2D eigenvalue weighted by molar-refractivity contribution is 0.458. The molecule has 2 aromatic rings. The predicted molar refractivity (Wildman–Crippen MR) is 82.7 cm³/mol. The molecule has 2 rings (SSSR count). The second-order valence-corrected chi connectivity index (χ2v) is 5.92. The highest BCUT2D eigenvalue weighted by molar-refractivity contribution is 5.66. The molecule has 0 aliphatic heterocycles. The first-order valence-electron chi connectivity index (χ1n) is 7.21.